The molecule has 1 saturated heterocycles. The summed E-state index contributed by atoms with van der Waals surface area (Å²) in [5, 5.41) is 18.2. The van der Waals surface area contributed by atoms with E-state index in [0.29, 0.717) is 18.5 Å². The Labute approximate surface area is 199 Å². The molecule has 2 atom stereocenters. The number of nitriles is 2. The zero-order chi connectivity index (χ0) is 23.8. The minimum atomic E-state index is -0.509. The summed E-state index contributed by atoms with van der Waals surface area (Å²) in [6.07, 6.45) is 6.58. The van der Waals surface area contributed by atoms with E-state index in [1.165, 1.54) is 0 Å². The number of ether oxygens (including phenoxy) is 1. The van der Waals surface area contributed by atoms with Crippen molar-refractivity contribution in [3.63, 3.8) is 0 Å². The number of carbonyl (C=O) groups is 1. The first-order chi connectivity index (χ1) is 16.5. The molecule has 172 valence electrons. The molecule has 2 fully saturated rings. The summed E-state index contributed by atoms with van der Waals surface area (Å²) in [6.45, 7) is 3.52. The first-order valence-electron chi connectivity index (χ1n) is 11.8. The van der Waals surface area contributed by atoms with E-state index in [1.54, 1.807) is 11.0 Å². The predicted molar refractivity (Wildman–Crippen MR) is 128 cm³/mol. The molecule has 0 bridgehead atoms. The number of carbonyl (C=O) groups excluding carboxylic acids is 1. The number of hydrogen-bond donors (Lipinski definition) is 0. The Morgan fingerprint density at radius 3 is 2.71 bits per heavy atom. The second-order valence-corrected chi connectivity index (χ2v) is 9.71. The molecular weight excluding hydrogens is 426 g/mol. The van der Waals surface area contributed by atoms with Crippen molar-refractivity contribution in [2.24, 2.45) is 5.41 Å². The molecule has 1 aromatic heterocycles. The van der Waals surface area contributed by atoms with Crippen molar-refractivity contribution in [2.45, 2.75) is 57.6 Å². The third kappa shape index (κ3) is 3.88. The van der Waals surface area contributed by atoms with Gasteiger partial charge in [-0.3, -0.25) is 4.90 Å². The van der Waals surface area contributed by atoms with Crippen LogP contribution in [-0.4, -0.2) is 27.8 Å². The molecule has 1 saturated carbocycles. The van der Waals surface area contributed by atoms with Crippen LogP contribution < -0.4 is 4.90 Å². The summed E-state index contributed by atoms with van der Waals surface area (Å²) >= 11 is 0. The maximum atomic E-state index is 12.9. The summed E-state index contributed by atoms with van der Waals surface area (Å²) in [5.41, 5.74) is 3.68. The molecular formula is C27H27N5O2. The lowest BCUT2D eigenvalue weighted by molar-refractivity contribution is -0.0348. The summed E-state index contributed by atoms with van der Waals surface area (Å²) in [4.78, 5) is 19.2. The van der Waals surface area contributed by atoms with Gasteiger partial charge in [0, 0.05) is 12.2 Å². The second kappa shape index (κ2) is 8.50. The molecule has 0 radical (unpaired) electrons. The van der Waals surface area contributed by atoms with Gasteiger partial charge in [-0.1, -0.05) is 19.1 Å². The Hall–Kier alpha value is -3.84. The first-order valence-corrected chi connectivity index (χ1v) is 11.8. The molecule has 7 heteroatoms. The van der Waals surface area contributed by atoms with Gasteiger partial charge in [0.05, 0.1) is 48.0 Å². The topological polar surface area (TPSA) is 94.9 Å². The van der Waals surface area contributed by atoms with E-state index in [9.17, 15) is 10.1 Å². The van der Waals surface area contributed by atoms with Gasteiger partial charge in [0.1, 0.15) is 5.60 Å². The number of benzene rings is 2. The van der Waals surface area contributed by atoms with Crippen molar-refractivity contribution in [3.05, 3.63) is 59.9 Å². The van der Waals surface area contributed by atoms with E-state index in [4.69, 9.17) is 10.00 Å². The van der Waals surface area contributed by atoms with E-state index in [1.807, 2.05) is 42.7 Å². The minimum absolute atomic E-state index is 0.0263. The van der Waals surface area contributed by atoms with Crippen LogP contribution >= 0.6 is 0 Å². The van der Waals surface area contributed by atoms with E-state index in [-0.39, 0.29) is 11.5 Å². The SMILES string of the molecule is CCC1(Cn2cnc3ccc(C#N)cc32)CCCC2(CN(c3ccc(CC#N)cc3)C(=O)O2)C1. The Balaban J connectivity index is 1.39. The first kappa shape index (κ1) is 22.0. The third-order valence-corrected chi connectivity index (χ3v) is 7.54. The van der Waals surface area contributed by atoms with Gasteiger partial charge < -0.3 is 9.30 Å². The van der Waals surface area contributed by atoms with Gasteiger partial charge in [-0.25, -0.2) is 9.78 Å². The molecule has 1 spiro atoms. The Morgan fingerprint density at radius 2 is 1.97 bits per heavy atom. The summed E-state index contributed by atoms with van der Waals surface area (Å²) in [7, 11) is 0. The van der Waals surface area contributed by atoms with Crippen LogP contribution in [0.1, 0.15) is 50.2 Å². The zero-order valence-corrected chi connectivity index (χ0v) is 19.3. The van der Waals surface area contributed by atoms with Crippen molar-refractivity contribution < 1.29 is 9.53 Å². The maximum absolute atomic E-state index is 12.9. The quantitative estimate of drug-likeness (QED) is 0.520. The van der Waals surface area contributed by atoms with Gasteiger partial charge in [-0.15, -0.1) is 0 Å². The summed E-state index contributed by atoms with van der Waals surface area (Å²) < 4.78 is 8.26. The number of anilines is 1. The maximum Gasteiger partial charge on any atom is 0.415 e. The molecule has 2 aliphatic rings. The molecule has 34 heavy (non-hydrogen) atoms. The second-order valence-electron chi connectivity index (χ2n) is 9.71. The highest BCUT2D eigenvalue weighted by Crippen LogP contribution is 2.49. The molecule has 2 aromatic carbocycles. The van der Waals surface area contributed by atoms with Crippen LogP contribution in [0.5, 0.6) is 0 Å². The van der Waals surface area contributed by atoms with Crippen molar-refractivity contribution in [2.75, 3.05) is 11.4 Å². The number of hydrogen-bond acceptors (Lipinski definition) is 5. The third-order valence-electron chi connectivity index (χ3n) is 7.54. The molecule has 2 unspecified atom stereocenters. The highest BCUT2D eigenvalue weighted by atomic mass is 16.6. The predicted octanol–water partition coefficient (Wildman–Crippen LogP) is 5.34. The van der Waals surface area contributed by atoms with E-state index >= 15 is 0 Å². The Morgan fingerprint density at radius 1 is 1.15 bits per heavy atom. The highest BCUT2D eigenvalue weighted by molar-refractivity contribution is 5.90. The normalized spacial score (nSPS) is 24.2. The number of aromatic nitrogens is 2. The fourth-order valence-electron chi connectivity index (χ4n) is 5.74. The van der Waals surface area contributed by atoms with Crippen molar-refractivity contribution >= 4 is 22.8 Å². The van der Waals surface area contributed by atoms with E-state index in [0.717, 1.165) is 60.9 Å². The van der Waals surface area contributed by atoms with Crippen LogP contribution in [0.25, 0.3) is 11.0 Å². The average molecular weight is 454 g/mol. The number of rotatable bonds is 5. The number of imidazole rings is 1. The molecule has 1 aliphatic carbocycles. The molecule has 1 amide bonds. The zero-order valence-electron chi connectivity index (χ0n) is 19.3. The molecule has 1 aliphatic heterocycles. The van der Waals surface area contributed by atoms with Crippen LogP contribution in [0, 0.1) is 28.1 Å². The fraction of sp³-hybridized carbons (Fsp3) is 0.407. The van der Waals surface area contributed by atoms with Gasteiger partial charge in [0.25, 0.3) is 0 Å². The summed E-state index contributed by atoms with van der Waals surface area (Å²) in [5.74, 6) is 0. The Bertz CT molecular complexity index is 1320. The standard InChI is InChI=1S/C27H27N5O2/c1-2-26(17-31-19-30-23-9-6-21(15-29)14-24(23)31)11-3-12-27(16-26)18-32(25(33)34-27)22-7-4-20(5-8-22)10-13-28/h4-9,14,19H,2-3,10-12,16-18H2,1H3. The van der Waals surface area contributed by atoms with Crippen molar-refractivity contribution in [1.29, 1.82) is 10.5 Å². The molecule has 5 rings (SSSR count). The minimum Gasteiger partial charge on any atom is -0.441 e. The lowest BCUT2D eigenvalue weighted by Crippen LogP contribution is -2.46. The molecule has 3 aromatic rings. The number of nitrogens with zero attached hydrogens (tertiary/aromatic N) is 5. The lowest BCUT2D eigenvalue weighted by atomic mass is 9.66. The van der Waals surface area contributed by atoms with Crippen LogP contribution in [0.15, 0.2) is 48.8 Å². The van der Waals surface area contributed by atoms with Gasteiger partial charge in [0.15, 0.2) is 0 Å². The lowest BCUT2D eigenvalue weighted by Gasteiger charge is -2.45. The molecule has 2 heterocycles. The van der Waals surface area contributed by atoms with E-state index < -0.39 is 5.60 Å². The van der Waals surface area contributed by atoms with E-state index in [2.05, 4.69) is 28.6 Å². The number of amides is 1. The van der Waals surface area contributed by atoms with Crippen LogP contribution in [-0.2, 0) is 17.7 Å². The van der Waals surface area contributed by atoms with Crippen molar-refractivity contribution in [3.8, 4) is 12.1 Å². The highest BCUT2D eigenvalue weighted by Gasteiger charge is 2.52. The fourth-order valence-corrected chi connectivity index (χ4v) is 5.74. The largest absolute Gasteiger partial charge is 0.441 e. The van der Waals surface area contributed by atoms with Crippen molar-refractivity contribution in [1.82, 2.24) is 9.55 Å². The van der Waals surface area contributed by atoms with Gasteiger partial charge in [-0.2, -0.15) is 10.5 Å². The van der Waals surface area contributed by atoms with Crippen LogP contribution in [0.2, 0.25) is 0 Å². The van der Waals surface area contributed by atoms with Gasteiger partial charge >= 0.3 is 6.09 Å². The Kier molecular flexibility index (Phi) is 5.49. The van der Waals surface area contributed by atoms with Crippen LogP contribution in [0.3, 0.4) is 0 Å². The number of fused-ring (bicyclic) bond motifs is 1. The van der Waals surface area contributed by atoms with Gasteiger partial charge in [-0.05, 0) is 73.4 Å². The summed E-state index contributed by atoms with van der Waals surface area (Å²) in [6, 6.07) is 17.5. The molecule has 0 N–H and O–H groups in total. The van der Waals surface area contributed by atoms with Gasteiger partial charge in [0.2, 0.25) is 0 Å². The van der Waals surface area contributed by atoms with Crippen LogP contribution in [0.4, 0.5) is 10.5 Å². The average Bonchev–Trinajstić information content (AvgIpc) is 3.39. The molecule has 7 nitrogen and oxygen atoms in total. The smallest absolute Gasteiger partial charge is 0.415 e. The monoisotopic (exact) mass is 453 g/mol.